The molecule has 2 aliphatic heterocycles. The van der Waals surface area contributed by atoms with Crippen molar-refractivity contribution in [3.8, 4) is 11.5 Å². The van der Waals surface area contributed by atoms with Crippen molar-refractivity contribution in [2.75, 3.05) is 31.2 Å². The monoisotopic (exact) mass is 424 g/mol. The van der Waals surface area contributed by atoms with Crippen LogP contribution >= 0.6 is 0 Å². The summed E-state index contributed by atoms with van der Waals surface area (Å²) < 4.78 is 38.7. The second-order valence-corrected chi connectivity index (χ2v) is 9.77. The molecule has 3 aromatic rings. The minimum absolute atomic E-state index is 0.248. The van der Waals surface area contributed by atoms with Crippen LogP contribution in [0.1, 0.15) is 24.8 Å². The Labute approximate surface area is 176 Å². The molecule has 0 atom stereocenters. The molecule has 1 fully saturated rings. The van der Waals surface area contributed by atoms with Crippen molar-refractivity contribution in [2.24, 2.45) is 0 Å². The number of benzene rings is 2. The molecule has 0 saturated carbocycles. The first-order chi connectivity index (χ1) is 14.5. The number of hydrogen-bond donors (Lipinski definition) is 0. The van der Waals surface area contributed by atoms with Crippen molar-refractivity contribution in [1.82, 2.24) is 4.98 Å². The van der Waals surface area contributed by atoms with E-state index in [4.69, 9.17) is 9.47 Å². The van der Waals surface area contributed by atoms with Crippen LogP contribution in [0.3, 0.4) is 0 Å². The number of aryl methyl sites for hydroxylation is 1. The summed E-state index contributed by atoms with van der Waals surface area (Å²) in [5.74, 6) is 1.29. The van der Waals surface area contributed by atoms with Gasteiger partial charge in [0.15, 0.2) is 11.5 Å². The van der Waals surface area contributed by atoms with Crippen molar-refractivity contribution in [3.63, 3.8) is 0 Å². The molecule has 3 heterocycles. The highest BCUT2D eigenvalue weighted by molar-refractivity contribution is 7.91. The summed E-state index contributed by atoms with van der Waals surface area (Å²) in [7, 11) is -3.72. The second-order valence-electron chi connectivity index (χ2n) is 7.85. The first-order valence-corrected chi connectivity index (χ1v) is 11.8. The molecule has 2 aromatic carbocycles. The maximum absolute atomic E-state index is 13.6. The smallest absolute Gasteiger partial charge is 0.210 e. The fourth-order valence-corrected chi connectivity index (χ4v) is 5.61. The van der Waals surface area contributed by atoms with Crippen LogP contribution in [0.4, 0.5) is 5.69 Å². The standard InChI is InChI=1S/C23H24N2O4S/c1-16-5-7-17(8-6-16)30(26,27)22-15-24-19-14-21-20(28-11-12-29-21)13-18(19)23(22)25-9-3-2-4-10-25/h5-8,13-15H,2-4,9-12H2,1H3. The van der Waals surface area contributed by atoms with Crippen LogP contribution in [0, 0.1) is 6.92 Å². The van der Waals surface area contributed by atoms with Crippen LogP contribution in [0.25, 0.3) is 10.9 Å². The van der Waals surface area contributed by atoms with Gasteiger partial charge in [-0.25, -0.2) is 8.42 Å². The molecule has 0 radical (unpaired) electrons. The molecular weight excluding hydrogens is 400 g/mol. The van der Waals surface area contributed by atoms with E-state index >= 15 is 0 Å². The van der Waals surface area contributed by atoms with E-state index in [0.717, 1.165) is 49.0 Å². The van der Waals surface area contributed by atoms with E-state index in [1.165, 1.54) is 6.20 Å². The van der Waals surface area contributed by atoms with Crippen LogP contribution in [-0.4, -0.2) is 39.7 Å². The fraction of sp³-hybridized carbons (Fsp3) is 0.348. The maximum atomic E-state index is 13.6. The number of rotatable bonds is 3. The number of aromatic nitrogens is 1. The van der Waals surface area contributed by atoms with Gasteiger partial charge in [-0.1, -0.05) is 17.7 Å². The van der Waals surface area contributed by atoms with Gasteiger partial charge in [-0.2, -0.15) is 0 Å². The van der Waals surface area contributed by atoms with Gasteiger partial charge in [0.25, 0.3) is 0 Å². The SMILES string of the molecule is Cc1ccc(S(=O)(=O)c2cnc3cc4c(cc3c2N2CCCCC2)OCCO4)cc1. The van der Waals surface area contributed by atoms with E-state index in [1.807, 2.05) is 31.2 Å². The third-order valence-electron chi connectivity index (χ3n) is 5.76. The Hall–Kier alpha value is -2.80. The van der Waals surface area contributed by atoms with E-state index in [2.05, 4.69) is 9.88 Å². The highest BCUT2D eigenvalue weighted by Crippen LogP contribution is 2.42. The summed E-state index contributed by atoms with van der Waals surface area (Å²) in [6.07, 6.45) is 4.74. The van der Waals surface area contributed by atoms with Gasteiger partial charge < -0.3 is 14.4 Å². The predicted molar refractivity (Wildman–Crippen MR) is 115 cm³/mol. The molecule has 1 aromatic heterocycles. The van der Waals surface area contributed by atoms with Crippen LogP contribution in [0.5, 0.6) is 11.5 Å². The molecule has 6 nitrogen and oxygen atoms in total. The molecule has 7 heteroatoms. The number of anilines is 1. The van der Waals surface area contributed by atoms with E-state index in [-0.39, 0.29) is 9.79 Å². The Morgan fingerprint density at radius 2 is 1.60 bits per heavy atom. The largest absolute Gasteiger partial charge is 0.486 e. The summed E-state index contributed by atoms with van der Waals surface area (Å²) in [6, 6.07) is 10.7. The molecular formula is C23H24N2O4S. The number of ether oxygens (including phenoxy) is 2. The van der Waals surface area contributed by atoms with Crippen molar-refractivity contribution in [1.29, 1.82) is 0 Å². The molecule has 156 valence electrons. The molecule has 0 bridgehead atoms. The zero-order valence-electron chi connectivity index (χ0n) is 16.9. The first kappa shape index (κ1) is 19.2. The lowest BCUT2D eigenvalue weighted by Gasteiger charge is -2.31. The molecule has 2 aliphatic rings. The average molecular weight is 425 g/mol. The first-order valence-electron chi connectivity index (χ1n) is 10.3. The Bertz CT molecular complexity index is 1200. The highest BCUT2D eigenvalue weighted by atomic mass is 32.2. The Morgan fingerprint density at radius 3 is 2.30 bits per heavy atom. The van der Waals surface area contributed by atoms with E-state index in [1.54, 1.807) is 12.1 Å². The van der Waals surface area contributed by atoms with Crippen LogP contribution in [0.2, 0.25) is 0 Å². The summed E-state index contributed by atoms with van der Waals surface area (Å²) in [5.41, 5.74) is 2.45. The van der Waals surface area contributed by atoms with Crippen LogP contribution in [0.15, 0.2) is 52.4 Å². The van der Waals surface area contributed by atoms with Gasteiger partial charge in [0.05, 0.1) is 16.1 Å². The Morgan fingerprint density at radius 1 is 0.933 bits per heavy atom. The summed E-state index contributed by atoms with van der Waals surface area (Å²) >= 11 is 0. The average Bonchev–Trinajstić information content (AvgIpc) is 2.77. The third-order valence-corrected chi connectivity index (χ3v) is 7.53. The topological polar surface area (TPSA) is 68.7 Å². The summed E-state index contributed by atoms with van der Waals surface area (Å²) in [6.45, 7) is 4.57. The molecule has 1 saturated heterocycles. The number of fused-ring (bicyclic) bond motifs is 2. The fourth-order valence-electron chi connectivity index (χ4n) is 4.18. The predicted octanol–water partition coefficient (Wildman–Crippen LogP) is 4.14. The van der Waals surface area contributed by atoms with Crippen molar-refractivity contribution in [2.45, 2.75) is 36.0 Å². The van der Waals surface area contributed by atoms with Crippen molar-refractivity contribution in [3.05, 3.63) is 48.2 Å². The van der Waals surface area contributed by atoms with Crippen LogP contribution in [-0.2, 0) is 9.84 Å². The number of pyridine rings is 1. The zero-order valence-corrected chi connectivity index (χ0v) is 17.7. The molecule has 30 heavy (non-hydrogen) atoms. The number of nitrogens with zero attached hydrogens (tertiary/aromatic N) is 2. The van der Waals surface area contributed by atoms with Gasteiger partial charge in [-0.3, -0.25) is 4.98 Å². The lowest BCUT2D eigenvalue weighted by Crippen LogP contribution is -2.31. The summed E-state index contributed by atoms with van der Waals surface area (Å²) in [5, 5.41) is 0.786. The van der Waals surface area contributed by atoms with E-state index < -0.39 is 9.84 Å². The third kappa shape index (κ3) is 3.27. The normalized spacial score (nSPS) is 16.6. The van der Waals surface area contributed by atoms with Gasteiger partial charge in [-0.05, 0) is 44.4 Å². The number of hydrogen-bond acceptors (Lipinski definition) is 6. The Balaban J connectivity index is 1.75. The van der Waals surface area contributed by atoms with Crippen molar-refractivity contribution < 1.29 is 17.9 Å². The van der Waals surface area contributed by atoms with Gasteiger partial charge in [0, 0.05) is 30.7 Å². The molecule has 0 spiro atoms. The Kier molecular flexibility index (Phi) is 4.77. The van der Waals surface area contributed by atoms with Gasteiger partial charge in [0.2, 0.25) is 9.84 Å². The van der Waals surface area contributed by atoms with Gasteiger partial charge in [0.1, 0.15) is 18.1 Å². The van der Waals surface area contributed by atoms with Gasteiger partial charge in [-0.15, -0.1) is 0 Å². The second kappa shape index (κ2) is 7.47. The van der Waals surface area contributed by atoms with Gasteiger partial charge >= 0.3 is 0 Å². The molecule has 5 rings (SSSR count). The van der Waals surface area contributed by atoms with E-state index in [0.29, 0.717) is 30.2 Å². The minimum atomic E-state index is -3.72. The molecule has 0 unspecified atom stereocenters. The number of sulfone groups is 1. The lowest BCUT2D eigenvalue weighted by molar-refractivity contribution is 0.172. The van der Waals surface area contributed by atoms with Crippen molar-refractivity contribution >= 4 is 26.4 Å². The molecule has 0 amide bonds. The minimum Gasteiger partial charge on any atom is -0.486 e. The maximum Gasteiger partial charge on any atom is 0.210 e. The zero-order chi connectivity index (χ0) is 20.7. The molecule has 0 N–H and O–H groups in total. The molecule has 0 aliphatic carbocycles. The summed E-state index contributed by atoms with van der Waals surface area (Å²) in [4.78, 5) is 7.23. The quantitative estimate of drug-likeness (QED) is 0.630. The van der Waals surface area contributed by atoms with Crippen LogP contribution < -0.4 is 14.4 Å². The van der Waals surface area contributed by atoms with E-state index in [9.17, 15) is 8.42 Å². The number of piperidine rings is 1. The lowest BCUT2D eigenvalue weighted by atomic mass is 10.1. The highest BCUT2D eigenvalue weighted by Gasteiger charge is 2.28.